The first kappa shape index (κ1) is 12.8. The van der Waals surface area contributed by atoms with E-state index in [9.17, 15) is 0 Å². The SMILES string of the molecule is ClCCCCCOc1ccc2c(c1)CCCC2. The number of unbranched alkanes of at least 4 members (excludes halogenated alkanes) is 2. The molecule has 17 heavy (non-hydrogen) atoms. The number of benzene rings is 1. The van der Waals surface area contributed by atoms with Gasteiger partial charge in [0.15, 0.2) is 0 Å². The average Bonchev–Trinajstić information content (AvgIpc) is 2.38. The van der Waals surface area contributed by atoms with Crippen molar-refractivity contribution in [3.8, 4) is 5.75 Å². The van der Waals surface area contributed by atoms with Gasteiger partial charge in [0.2, 0.25) is 0 Å². The highest BCUT2D eigenvalue weighted by molar-refractivity contribution is 6.17. The van der Waals surface area contributed by atoms with E-state index in [-0.39, 0.29) is 0 Å². The molecule has 0 unspecified atom stereocenters. The summed E-state index contributed by atoms with van der Waals surface area (Å²) >= 11 is 5.64. The minimum Gasteiger partial charge on any atom is -0.494 e. The Morgan fingerprint density at radius 3 is 2.65 bits per heavy atom. The fraction of sp³-hybridized carbons (Fsp3) is 0.600. The highest BCUT2D eigenvalue weighted by atomic mass is 35.5. The zero-order chi connectivity index (χ0) is 11.9. The molecule has 1 aromatic carbocycles. The third-order valence-corrected chi connectivity index (χ3v) is 3.63. The molecular formula is C15H21ClO. The van der Waals surface area contributed by atoms with Crippen LogP contribution in [0.2, 0.25) is 0 Å². The number of halogens is 1. The van der Waals surface area contributed by atoms with E-state index in [0.717, 1.165) is 37.5 Å². The minimum atomic E-state index is 0.763. The summed E-state index contributed by atoms with van der Waals surface area (Å²) in [5.74, 6) is 1.80. The van der Waals surface area contributed by atoms with Gasteiger partial charge in [-0.05, 0) is 68.2 Å². The summed E-state index contributed by atoms with van der Waals surface area (Å²) in [7, 11) is 0. The summed E-state index contributed by atoms with van der Waals surface area (Å²) in [5.41, 5.74) is 3.01. The molecule has 0 atom stereocenters. The largest absolute Gasteiger partial charge is 0.494 e. The lowest BCUT2D eigenvalue weighted by Crippen LogP contribution is -2.04. The smallest absolute Gasteiger partial charge is 0.119 e. The molecule has 1 aliphatic carbocycles. The van der Waals surface area contributed by atoms with Gasteiger partial charge in [0.05, 0.1) is 6.61 Å². The van der Waals surface area contributed by atoms with Crippen LogP contribution in [0, 0.1) is 0 Å². The van der Waals surface area contributed by atoms with Crippen LogP contribution in [0.4, 0.5) is 0 Å². The maximum Gasteiger partial charge on any atom is 0.119 e. The zero-order valence-electron chi connectivity index (χ0n) is 10.4. The lowest BCUT2D eigenvalue weighted by Gasteiger charge is -2.16. The number of hydrogen-bond acceptors (Lipinski definition) is 1. The lowest BCUT2D eigenvalue weighted by atomic mass is 9.92. The van der Waals surface area contributed by atoms with Gasteiger partial charge in [-0.25, -0.2) is 0 Å². The first-order chi connectivity index (χ1) is 8.40. The maximum atomic E-state index is 5.78. The quantitative estimate of drug-likeness (QED) is 0.540. The standard InChI is InChI=1S/C15H21ClO/c16-10-4-1-5-11-17-15-9-8-13-6-2-3-7-14(13)12-15/h8-9,12H,1-7,10-11H2. The second kappa shape index (κ2) is 6.90. The molecule has 1 aromatic rings. The Hall–Kier alpha value is -0.690. The number of fused-ring (bicyclic) bond motifs is 1. The van der Waals surface area contributed by atoms with Gasteiger partial charge in [0, 0.05) is 5.88 Å². The van der Waals surface area contributed by atoms with E-state index in [0.29, 0.717) is 0 Å². The van der Waals surface area contributed by atoms with Crippen LogP contribution in [-0.4, -0.2) is 12.5 Å². The summed E-state index contributed by atoms with van der Waals surface area (Å²) in [5, 5.41) is 0. The van der Waals surface area contributed by atoms with Crippen LogP contribution in [-0.2, 0) is 12.8 Å². The summed E-state index contributed by atoms with van der Waals surface area (Å²) < 4.78 is 5.78. The molecule has 94 valence electrons. The number of hydrogen-bond donors (Lipinski definition) is 0. The highest BCUT2D eigenvalue weighted by Gasteiger charge is 2.09. The predicted octanol–water partition coefficient (Wildman–Crippen LogP) is 4.35. The van der Waals surface area contributed by atoms with E-state index < -0.39 is 0 Å². The van der Waals surface area contributed by atoms with Gasteiger partial charge in [-0.15, -0.1) is 11.6 Å². The number of aryl methyl sites for hydroxylation is 2. The summed E-state index contributed by atoms with van der Waals surface area (Å²) in [4.78, 5) is 0. The Morgan fingerprint density at radius 1 is 1.00 bits per heavy atom. The van der Waals surface area contributed by atoms with E-state index >= 15 is 0 Å². The molecule has 0 saturated heterocycles. The van der Waals surface area contributed by atoms with Crippen LogP contribution < -0.4 is 4.74 Å². The van der Waals surface area contributed by atoms with E-state index in [1.165, 1.54) is 36.8 Å². The van der Waals surface area contributed by atoms with Crippen molar-refractivity contribution in [3.63, 3.8) is 0 Å². The van der Waals surface area contributed by atoms with Gasteiger partial charge in [0.25, 0.3) is 0 Å². The van der Waals surface area contributed by atoms with Gasteiger partial charge in [-0.2, -0.15) is 0 Å². The molecule has 0 aromatic heterocycles. The topological polar surface area (TPSA) is 9.23 Å². The van der Waals surface area contributed by atoms with Crippen molar-refractivity contribution in [2.75, 3.05) is 12.5 Å². The number of ether oxygens (including phenoxy) is 1. The number of rotatable bonds is 6. The summed E-state index contributed by atoms with van der Waals surface area (Å²) in [6, 6.07) is 6.59. The van der Waals surface area contributed by atoms with Crippen molar-refractivity contribution in [2.45, 2.75) is 44.9 Å². The molecule has 0 N–H and O–H groups in total. The Kier molecular flexibility index (Phi) is 5.18. The molecule has 0 spiro atoms. The molecule has 2 rings (SSSR count). The van der Waals surface area contributed by atoms with Crippen LogP contribution >= 0.6 is 11.6 Å². The van der Waals surface area contributed by atoms with Crippen molar-refractivity contribution in [3.05, 3.63) is 29.3 Å². The Bertz CT molecular complexity index is 349. The monoisotopic (exact) mass is 252 g/mol. The predicted molar refractivity (Wildman–Crippen MR) is 73.2 cm³/mol. The van der Waals surface area contributed by atoms with E-state index in [4.69, 9.17) is 16.3 Å². The second-order valence-corrected chi connectivity index (χ2v) is 5.11. The van der Waals surface area contributed by atoms with E-state index in [1.807, 2.05) is 0 Å². The van der Waals surface area contributed by atoms with Crippen LogP contribution in [0.1, 0.15) is 43.2 Å². The molecule has 0 radical (unpaired) electrons. The Morgan fingerprint density at radius 2 is 1.82 bits per heavy atom. The average molecular weight is 253 g/mol. The molecule has 0 bridgehead atoms. The van der Waals surface area contributed by atoms with Crippen LogP contribution in [0.15, 0.2) is 18.2 Å². The van der Waals surface area contributed by atoms with Crippen molar-refractivity contribution >= 4 is 11.6 Å². The summed E-state index contributed by atoms with van der Waals surface area (Å²) in [6.07, 6.45) is 8.48. The molecule has 0 heterocycles. The van der Waals surface area contributed by atoms with Crippen molar-refractivity contribution < 1.29 is 4.74 Å². The fourth-order valence-corrected chi connectivity index (χ4v) is 2.55. The lowest BCUT2D eigenvalue weighted by molar-refractivity contribution is 0.306. The van der Waals surface area contributed by atoms with Crippen LogP contribution in [0.3, 0.4) is 0 Å². The second-order valence-electron chi connectivity index (χ2n) is 4.74. The minimum absolute atomic E-state index is 0.763. The molecule has 0 aliphatic heterocycles. The number of alkyl halides is 1. The maximum absolute atomic E-state index is 5.78. The third kappa shape index (κ3) is 3.92. The Balaban J connectivity index is 1.81. The van der Waals surface area contributed by atoms with Crippen molar-refractivity contribution in [2.24, 2.45) is 0 Å². The molecule has 0 fully saturated rings. The van der Waals surface area contributed by atoms with E-state index in [1.54, 1.807) is 0 Å². The fourth-order valence-electron chi connectivity index (χ4n) is 2.36. The first-order valence-corrected chi connectivity index (χ1v) is 7.24. The van der Waals surface area contributed by atoms with Gasteiger partial charge in [-0.1, -0.05) is 6.07 Å². The molecule has 1 nitrogen and oxygen atoms in total. The van der Waals surface area contributed by atoms with Crippen molar-refractivity contribution in [1.82, 2.24) is 0 Å². The molecule has 2 heteroatoms. The third-order valence-electron chi connectivity index (χ3n) is 3.37. The van der Waals surface area contributed by atoms with Crippen LogP contribution in [0.5, 0.6) is 5.75 Å². The van der Waals surface area contributed by atoms with Gasteiger partial charge >= 0.3 is 0 Å². The molecule has 1 aliphatic rings. The molecule has 0 amide bonds. The van der Waals surface area contributed by atoms with Crippen LogP contribution in [0.25, 0.3) is 0 Å². The first-order valence-electron chi connectivity index (χ1n) is 6.71. The molecular weight excluding hydrogens is 232 g/mol. The van der Waals surface area contributed by atoms with Gasteiger partial charge in [0.1, 0.15) is 5.75 Å². The zero-order valence-corrected chi connectivity index (χ0v) is 11.1. The summed E-state index contributed by atoms with van der Waals surface area (Å²) in [6.45, 7) is 0.815. The van der Waals surface area contributed by atoms with Gasteiger partial charge in [-0.3, -0.25) is 0 Å². The van der Waals surface area contributed by atoms with Crippen molar-refractivity contribution in [1.29, 1.82) is 0 Å². The normalized spacial score (nSPS) is 14.4. The van der Waals surface area contributed by atoms with Gasteiger partial charge < -0.3 is 4.74 Å². The molecule has 0 saturated carbocycles. The van der Waals surface area contributed by atoms with E-state index in [2.05, 4.69) is 18.2 Å². The highest BCUT2D eigenvalue weighted by Crippen LogP contribution is 2.25. The Labute approximate surface area is 109 Å².